The zero-order valence-corrected chi connectivity index (χ0v) is 11.4. The molecule has 20 heavy (non-hydrogen) atoms. The van der Waals surface area contributed by atoms with E-state index in [4.69, 9.17) is 0 Å². The third-order valence-electron chi connectivity index (χ3n) is 3.91. The summed E-state index contributed by atoms with van der Waals surface area (Å²) in [5.74, 6) is 0. The van der Waals surface area contributed by atoms with E-state index in [0.29, 0.717) is 0 Å². The Balaban J connectivity index is 2.05. The molecule has 0 amide bonds. The molecular weight excluding hydrogens is 262 g/mol. The van der Waals surface area contributed by atoms with Crippen LogP contribution in [0.3, 0.4) is 0 Å². The van der Waals surface area contributed by atoms with Gasteiger partial charge >= 0.3 is 0 Å². The summed E-state index contributed by atoms with van der Waals surface area (Å²) in [6.07, 6.45) is 0. The minimum atomic E-state index is 1.20. The second kappa shape index (κ2) is 3.62. The second-order valence-corrected chi connectivity index (χ2v) is 6.16. The molecule has 0 aliphatic rings. The average molecular weight is 272 g/mol. The molecule has 0 bridgehead atoms. The number of hydrogen-bond donors (Lipinski definition) is 1. The fourth-order valence-electron chi connectivity index (χ4n) is 2.99. The largest absolute Gasteiger partial charge is 0.354 e. The minimum absolute atomic E-state index is 1.20. The maximum absolute atomic E-state index is 3.52. The van der Waals surface area contributed by atoms with Crippen LogP contribution in [0.15, 0.2) is 54.6 Å². The van der Waals surface area contributed by atoms with E-state index in [-0.39, 0.29) is 0 Å². The lowest BCUT2D eigenvalue weighted by Crippen LogP contribution is -1.69. The highest BCUT2D eigenvalue weighted by Crippen LogP contribution is 2.37. The van der Waals surface area contributed by atoms with E-state index in [1.54, 1.807) is 0 Å². The topological polar surface area (TPSA) is 15.8 Å². The van der Waals surface area contributed by atoms with Gasteiger partial charge in [0.05, 0.1) is 0 Å². The quantitative estimate of drug-likeness (QED) is 0.383. The molecule has 0 spiro atoms. The Labute approximate surface area is 119 Å². The van der Waals surface area contributed by atoms with Crippen LogP contribution in [0.25, 0.3) is 42.0 Å². The van der Waals surface area contributed by atoms with Crippen LogP contribution in [0.1, 0.15) is 0 Å². The van der Waals surface area contributed by atoms with Crippen molar-refractivity contribution in [1.82, 2.24) is 4.98 Å². The van der Waals surface area contributed by atoms with Crippen molar-refractivity contribution < 1.29 is 0 Å². The molecule has 0 unspecified atom stereocenters. The zero-order chi connectivity index (χ0) is 13.1. The van der Waals surface area contributed by atoms with Gasteiger partial charge in [0.1, 0.15) is 0 Å². The molecule has 2 heterocycles. The molecule has 93 valence electrons. The number of rotatable bonds is 0. The Hall–Kier alpha value is -2.32. The van der Waals surface area contributed by atoms with Gasteiger partial charge in [-0.25, -0.2) is 0 Å². The molecule has 5 rings (SSSR count). The number of nitrogens with one attached hydrogen (secondary N) is 1. The highest BCUT2D eigenvalue weighted by molar-refractivity contribution is 7.25. The van der Waals surface area contributed by atoms with Crippen molar-refractivity contribution in [2.75, 3.05) is 0 Å². The SMILES string of the molecule is [c]1cccc2sc3cc4c(cc3c12)[nH]c1ccccc14. The van der Waals surface area contributed by atoms with Gasteiger partial charge in [-0.1, -0.05) is 30.3 Å². The normalized spacial score (nSPS) is 12.0. The van der Waals surface area contributed by atoms with Gasteiger partial charge in [0.15, 0.2) is 0 Å². The van der Waals surface area contributed by atoms with Crippen molar-refractivity contribution >= 4 is 53.3 Å². The van der Waals surface area contributed by atoms with Crippen molar-refractivity contribution in [3.63, 3.8) is 0 Å². The number of fused-ring (bicyclic) bond motifs is 6. The molecule has 0 fully saturated rings. The molecule has 2 heteroatoms. The van der Waals surface area contributed by atoms with E-state index >= 15 is 0 Å². The molecule has 2 aromatic heterocycles. The molecule has 0 saturated carbocycles. The second-order valence-electron chi connectivity index (χ2n) is 5.08. The first-order valence-corrected chi connectivity index (χ1v) is 7.45. The number of H-pyrrole nitrogens is 1. The molecule has 0 atom stereocenters. The maximum atomic E-state index is 3.52. The van der Waals surface area contributed by atoms with Gasteiger partial charge in [-0.3, -0.25) is 0 Å². The van der Waals surface area contributed by atoms with Gasteiger partial charge in [0.2, 0.25) is 0 Å². The molecule has 1 nitrogen and oxygen atoms in total. The van der Waals surface area contributed by atoms with E-state index in [2.05, 4.69) is 59.6 Å². The number of benzene rings is 3. The van der Waals surface area contributed by atoms with Crippen LogP contribution in [-0.4, -0.2) is 4.98 Å². The predicted molar refractivity (Wildman–Crippen MR) is 87.5 cm³/mol. The molecule has 1 radical (unpaired) electrons. The van der Waals surface area contributed by atoms with Crippen molar-refractivity contribution in [3.8, 4) is 0 Å². The summed E-state index contributed by atoms with van der Waals surface area (Å²) in [6.45, 7) is 0. The molecular formula is C18H10NS. The van der Waals surface area contributed by atoms with Crippen molar-refractivity contribution in [3.05, 3.63) is 60.7 Å². The Morgan fingerprint density at radius 2 is 1.75 bits per heavy atom. The van der Waals surface area contributed by atoms with Gasteiger partial charge in [0, 0.05) is 42.0 Å². The first-order chi connectivity index (χ1) is 9.90. The number of aromatic nitrogens is 1. The lowest BCUT2D eigenvalue weighted by atomic mass is 10.1. The number of aromatic amines is 1. The van der Waals surface area contributed by atoms with Crippen LogP contribution in [0, 0.1) is 6.07 Å². The average Bonchev–Trinajstić information content (AvgIpc) is 3.02. The maximum Gasteiger partial charge on any atom is 0.0472 e. The van der Waals surface area contributed by atoms with Crippen molar-refractivity contribution in [1.29, 1.82) is 0 Å². The third-order valence-corrected chi connectivity index (χ3v) is 5.03. The van der Waals surface area contributed by atoms with Crippen molar-refractivity contribution in [2.45, 2.75) is 0 Å². The van der Waals surface area contributed by atoms with Crippen LogP contribution in [0.5, 0.6) is 0 Å². The molecule has 5 aromatic rings. The highest BCUT2D eigenvalue weighted by Gasteiger charge is 2.09. The summed E-state index contributed by atoms with van der Waals surface area (Å²) in [7, 11) is 0. The summed E-state index contributed by atoms with van der Waals surface area (Å²) < 4.78 is 2.64. The van der Waals surface area contributed by atoms with E-state index in [1.165, 1.54) is 42.0 Å². The smallest absolute Gasteiger partial charge is 0.0472 e. The fourth-order valence-corrected chi connectivity index (χ4v) is 4.10. The van der Waals surface area contributed by atoms with Gasteiger partial charge in [0.25, 0.3) is 0 Å². The van der Waals surface area contributed by atoms with Crippen LogP contribution in [-0.2, 0) is 0 Å². The Morgan fingerprint density at radius 3 is 2.75 bits per heavy atom. The Kier molecular flexibility index (Phi) is 1.89. The molecule has 3 aromatic carbocycles. The Bertz CT molecular complexity index is 1010. The highest BCUT2D eigenvalue weighted by atomic mass is 32.1. The standard InChI is InChI=1S/C18H10NS/c1-3-7-15-11(5-1)13-10-18-14(9-16(13)19-15)12-6-2-4-8-17(12)20-18/h1-5,7-10,19H. The van der Waals surface area contributed by atoms with Gasteiger partial charge < -0.3 is 4.98 Å². The monoisotopic (exact) mass is 272 g/mol. The lowest BCUT2D eigenvalue weighted by Gasteiger charge is -1.93. The van der Waals surface area contributed by atoms with Crippen LogP contribution >= 0.6 is 11.3 Å². The zero-order valence-electron chi connectivity index (χ0n) is 10.6. The summed E-state index contributed by atoms with van der Waals surface area (Å²) >= 11 is 1.84. The number of thiophene rings is 1. The first-order valence-electron chi connectivity index (χ1n) is 6.63. The summed E-state index contributed by atoms with van der Waals surface area (Å²) in [5, 5.41) is 5.13. The minimum Gasteiger partial charge on any atom is -0.354 e. The molecule has 0 saturated heterocycles. The van der Waals surface area contributed by atoms with Crippen LogP contribution in [0.4, 0.5) is 0 Å². The van der Waals surface area contributed by atoms with Gasteiger partial charge in [-0.15, -0.1) is 11.3 Å². The van der Waals surface area contributed by atoms with Crippen molar-refractivity contribution in [2.24, 2.45) is 0 Å². The van der Waals surface area contributed by atoms with E-state index in [1.807, 2.05) is 17.4 Å². The van der Waals surface area contributed by atoms with Crippen LogP contribution < -0.4 is 0 Å². The van der Waals surface area contributed by atoms with Gasteiger partial charge in [-0.05, 0) is 30.3 Å². The lowest BCUT2D eigenvalue weighted by molar-refractivity contribution is 1.56. The third kappa shape index (κ3) is 1.27. The van der Waals surface area contributed by atoms with E-state index in [9.17, 15) is 0 Å². The number of para-hydroxylation sites is 1. The van der Waals surface area contributed by atoms with E-state index in [0.717, 1.165) is 0 Å². The summed E-state index contributed by atoms with van der Waals surface area (Å²) in [5.41, 5.74) is 2.41. The fraction of sp³-hybridized carbons (Fsp3) is 0. The summed E-state index contributed by atoms with van der Waals surface area (Å²) in [6, 6.07) is 22.6. The molecule has 0 aliphatic carbocycles. The molecule has 0 aliphatic heterocycles. The summed E-state index contributed by atoms with van der Waals surface area (Å²) in [4.78, 5) is 3.52. The van der Waals surface area contributed by atoms with Crippen LogP contribution in [0.2, 0.25) is 0 Å². The Morgan fingerprint density at radius 1 is 0.800 bits per heavy atom. The van der Waals surface area contributed by atoms with Gasteiger partial charge in [-0.2, -0.15) is 0 Å². The van der Waals surface area contributed by atoms with E-state index < -0.39 is 0 Å². The predicted octanol–water partition coefficient (Wildman–Crippen LogP) is 5.49. The molecule has 1 N–H and O–H groups in total. The number of hydrogen-bond acceptors (Lipinski definition) is 1. The first kappa shape index (κ1) is 10.5.